The van der Waals surface area contributed by atoms with Gasteiger partial charge in [-0.2, -0.15) is 0 Å². The van der Waals surface area contributed by atoms with Crippen molar-refractivity contribution in [3.63, 3.8) is 0 Å². The summed E-state index contributed by atoms with van der Waals surface area (Å²) in [6, 6.07) is 0. The zero-order valence-corrected chi connectivity index (χ0v) is 11.3. The molecule has 0 spiro atoms. The molecule has 1 aliphatic heterocycles. The minimum atomic E-state index is -3.44. The van der Waals surface area contributed by atoms with Crippen molar-refractivity contribution in [2.24, 2.45) is 0 Å². The Morgan fingerprint density at radius 2 is 2.24 bits per heavy atom. The molecule has 0 radical (unpaired) electrons. The highest BCUT2D eigenvalue weighted by Gasteiger charge is 2.30. The fraction of sp³-hybridized carbons (Fsp3) is 0.727. The molecule has 5 nitrogen and oxygen atoms in total. The smallest absolute Gasteiger partial charge is 0.259 e. The number of nitrogens with one attached hydrogen (secondary N) is 1. The first-order valence-corrected chi connectivity index (χ1v) is 7.52. The van der Waals surface area contributed by atoms with Gasteiger partial charge in [0.2, 0.25) is 0 Å². The molecular weight excluding hydrogens is 238 g/mol. The third-order valence-corrected chi connectivity index (χ3v) is 4.72. The Morgan fingerprint density at radius 1 is 1.53 bits per heavy atom. The first-order valence-electron chi connectivity index (χ1n) is 6.04. The summed E-state index contributed by atoms with van der Waals surface area (Å²) >= 11 is 0. The predicted octanol–water partition coefficient (Wildman–Crippen LogP) is 1.25. The maximum atomic E-state index is 12.0. The van der Waals surface area contributed by atoms with Gasteiger partial charge in [0.1, 0.15) is 5.82 Å². The molecule has 1 atom stereocenters. The van der Waals surface area contributed by atoms with E-state index in [1.807, 2.05) is 6.92 Å². The Balaban J connectivity index is 2.65. The second kappa shape index (κ2) is 4.42. The molecule has 0 saturated heterocycles. The van der Waals surface area contributed by atoms with Crippen LogP contribution in [0.5, 0.6) is 0 Å². The summed E-state index contributed by atoms with van der Waals surface area (Å²) in [6.45, 7) is 4.96. The van der Waals surface area contributed by atoms with Crippen LogP contribution in [0.3, 0.4) is 0 Å². The van der Waals surface area contributed by atoms with Gasteiger partial charge in [-0.15, -0.1) is 0 Å². The number of imidazole rings is 1. The van der Waals surface area contributed by atoms with E-state index in [0.717, 1.165) is 37.3 Å². The second-order valence-electron chi connectivity index (χ2n) is 4.47. The summed E-state index contributed by atoms with van der Waals surface area (Å²) in [4.78, 5) is 4.32. The van der Waals surface area contributed by atoms with Gasteiger partial charge < -0.3 is 4.57 Å². The Hall–Kier alpha value is -0.880. The Kier molecular flexibility index (Phi) is 3.27. The van der Waals surface area contributed by atoms with Gasteiger partial charge in [-0.25, -0.2) is 18.1 Å². The third kappa shape index (κ3) is 1.99. The number of hydrogen-bond acceptors (Lipinski definition) is 3. The van der Waals surface area contributed by atoms with Crippen molar-refractivity contribution < 1.29 is 8.42 Å². The van der Waals surface area contributed by atoms with Gasteiger partial charge in [-0.05, 0) is 25.8 Å². The molecule has 0 aliphatic carbocycles. The number of nitrogens with zero attached hydrogens (tertiary/aromatic N) is 2. The molecule has 0 aromatic carbocycles. The average Bonchev–Trinajstić information content (AvgIpc) is 2.70. The van der Waals surface area contributed by atoms with Gasteiger partial charge in [-0.3, -0.25) is 0 Å². The van der Waals surface area contributed by atoms with Gasteiger partial charge in [0, 0.05) is 13.0 Å². The number of hydrogen-bond donors (Lipinski definition) is 1. The fourth-order valence-corrected chi connectivity index (χ4v) is 3.48. The largest absolute Gasteiger partial charge is 0.330 e. The summed E-state index contributed by atoms with van der Waals surface area (Å²) in [6.07, 6.45) is 2.89. The highest BCUT2D eigenvalue weighted by molar-refractivity contribution is 7.89. The minimum Gasteiger partial charge on any atom is -0.330 e. The topological polar surface area (TPSA) is 64.0 Å². The summed E-state index contributed by atoms with van der Waals surface area (Å²) < 4.78 is 28.4. The molecule has 2 rings (SSSR count). The molecule has 0 amide bonds. The van der Waals surface area contributed by atoms with E-state index in [9.17, 15) is 8.42 Å². The molecule has 0 fully saturated rings. The zero-order chi connectivity index (χ0) is 12.6. The van der Waals surface area contributed by atoms with Crippen LogP contribution in [-0.2, 0) is 23.0 Å². The Labute approximate surface area is 102 Å². The molecule has 0 bridgehead atoms. The number of sulfonamides is 1. The molecule has 6 heteroatoms. The average molecular weight is 257 g/mol. The molecule has 96 valence electrons. The van der Waals surface area contributed by atoms with Gasteiger partial charge in [0.05, 0.1) is 5.69 Å². The van der Waals surface area contributed by atoms with Crippen molar-refractivity contribution in [3.05, 3.63) is 11.5 Å². The van der Waals surface area contributed by atoms with Crippen LogP contribution in [0.1, 0.15) is 44.1 Å². The van der Waals surface area contributed by atoms with Crippen molar-refractivity contribution in [2.45, 2.75) is 50.6 Å². The highest BCUT2D eigenvalue weighted by Crippen LogP contribution is 2.32. The van der Waals surface area contributed by atoms with E-state index < -0.39 is 10.0 Å². The summed E-state index contributed by atoms with van der Waals surface area (Å²) in [5.41, 5.74) is 0.877. The first-order chi connectivity index (χ1) is 8.01. The summed E-state index contributed by atoms with van der Waals surface area (Å²) in [5.74, 6) is 1.13. The third-order valence-electron chi connectivity index (χ3n) is 3.38. The normalized spacial score (nSPS) is 20.3. The van der Waals surface area contributed by atoms with Gasteiger partial charge in [0.25, 0.3) is 10.0 Å². The van der Waals surface area contributed by atoms with Crippen molar-refractivity contribution in [1.82, 2.24) is 14.3 Å². The van der Waals surface area contributed by atoms with Gasteiger partial charge in [-0.1, -0.05) is 13.8 Å². The monoisotopic (exact) mass is 257 g/mol. The molecular formula is C11H19N3O2S. The molecule has 2 heterocycles. The van der Waals surface area contributed by atoms with Gasteiger partial charge >= 0.3 is 0 Å². The number of aryl methyl sites for hydroxylation is 1. The predicted molar refractivity (Wildman–Crippen MR) is 65.5 cm³/mol. The van der Waals surface area contributed by atoms with Crippen molar-refractivity contribution in [3.8, 4) is 0 Å². The van der Waals surface area contributed by atoms with Crippen LogP contribution in [0.25, 0.3) is 0 Å². The lowest BCUT2D eigenvalue weighted by atomic mass is 9.98. The lowest BCUT2D eigenvalue weighted by Gasteiger charge is -2.22. The number of rotatable bonds is 3. The maximum Gasteiger partial charge on any atom is 0.259 e. The van der Waals surface area contributed by atoms with Crippen LogP contribution in [0.15, 0.2) is 5.03 Å². The maximum absolute atomic E-state index is 12.0. The van der Waals surface area contributed by atoms with E-state index in [4.69, 9.17) is 0 Å². The van der Waals surface area contributed by atoms with E-state index >= 15 is 0 Å². The van der Waals surface area contributed by atoms with Crippen molar-refractivity contribution >= 4 is 10.0 Å². The number of fused-ring (bicyclic) bond motifs is 1. The molecule has 1 aliphatic rings. The molecule has 1 N–H and O–H groups in total. The summed E-state index contributed by atoms with van der Waals surface area (Å²) in [5, 5.41) is 0.226. The Bertz CT molecular complexity index is 519. The minimum absolute atomic E-state index is 0.226. The highest BCUT2D eigenvalue weighted by atomic mass is 32.2. The van der Waals surface area contributed by atoms with Crippen molar-refractivity contribution in [1.29, 1.82) is 0 Å². The molecule has 1 aromatic rings. The number of aromatic nitrogens is 2. The quantitative estimate of drug-likeness (QED) is 0.886. The van der Waals surface area contributed by atoms with E-state index in [-0.39, 0.29) is 10.9 Å². The molecule has 1 aromatic heterocycles. The lowest BCUT2D eigenvalue weighted by molar-refractivity contribution is 0.457. The van der Waals surface area contributed by atoms with Crippen LogP contribution >= 0.6 is 0 Å². The van der Waals surface area contributed by atoms with Crippen LogP contribution in [-0.4, -0.2) is 25.0 Å². The summed E-state index contributed by atoms with van der Waals surface area (Å²) in [7, 11) is -2.01. The van der Waals surface area contributed by atoms with Crippen LogP contribution < -0.4 is 4.72 Å². The van der Waals surface area contributed by atoms with E-state index in [2.05, 4.69) is 21.2 Å². The second-order valence-corrected chi connectivity index (χ2v) is 6.28. The fourth-order valence-electron chi connectivity index (χ4n) is 2.47. The van der Waals surface area contributed by atoms with Crippen LogP contribution in [0.4, 0.5) is 0 Å². The standard InChI is InChI=1S/C11H19N3O2S/c1-4-9-13-11(17(15,16)12-3)10-8(2)6-5-7-14(9)10/h8,12H,4-7H2,1-3H3. The Morgan fingerprint density at radius 3 is 2.82 bits per heavy atom. The van der Waals surface area contributed by atoms with Gasteiger partial charge in [0.15, 0.2) is 5.03 Å². The van der Waals surface area contributed by atoms with E-state index in [1.165, 1.54) is 7.05 Å². The SMILES string of the molecule is CCc1nc(S(=O)(=O)NC)c2n1CCCC2C. The van der Waals surface area contributed by atoms with E-state index in [1.54, 1.807) is 0 Å². The molecule has 1 unspecified atom stereocenters. The molecule has 17 heavy (non-hydrogen) atoms. The van der Waals surface area contributed by atoms with Crippen LogP contribution in [0.2, 0.25) is 0 Å². The lowest BCUT2D eigenvalue weighted by Crippen LogP contribution is -2.23. The van der Waals surface area contributed by atoms with Crippen molar-refractivity contribution in [2.75, 3.05) is 7.05 Å². The first kappa shape index (κ1) is 12.6. The zero-order valence-electron chi connectivity index (χ0n) is 10.5. The van der Waals surface area contributed by atoms with Crippen LogP contribution in [0, 0.1) is 0 Å². The van der Waals surface area contributed by atoms with E-state index in [0.29, 0.717) is 0 Å². The molecule has 0 saturated carbocycles.